The molecule has 40 heavy (non-hydrogen) atoms. The number of thiazole rings is 1. The molecule has 1 fully saturated rings. The number of carbonyl (C=O) groups excluding carboxylic acids is 1. The summed E-state index contributed by atoms with van der Waals surface area (Å²) in [5.41, 5.74) is 3.79. The van der Waals surface area contributed by atoms with Crippen molar-refractivity contribution in [3.8, 4) is 11.3 Å². The summed E-state index contributed by atoms with van der Waals surface area (Å²) in [6.45, 7) is 3.16. The molecule has 12 heteroatoms. The second-order valence-electron chi connectivity index (χ2n) is 9.40. The van der Waals surface area contributed by atoms with Crippen LogP contribution in [0.25, 0.3) is 11.3 Å². The van der Waals surface area contributed by atoms with Crippen molar-refractivity contribution in [2.45, 2.75) is 48.4 Å². The number of nitrogens with zero attached hydrogens (tertiary/aromatic N) is 4. The predicted octanol–water partition coefficient (Wildman–Crippen LogP) is 6.67. The van der Waals surface area contributed by atoms with Crippen LogP contribution in [0.3, 0.4) is 0 Å². The summed E-state index contributed by atoms with van der Waals surface area (Å²) in [4.78, 5) is 26.4. The molecule has 0 bridgehead atoms. The van der Waals surface area contributed by atoms with Crippen LogP contribution < -0.4 is 5.32 Å². The molecule has 2 aromatic carbocycles. The number of anilines is 1. The summed E-state index contributed by atoms with van der Waals surface area (Å²) in [5.74, 6) is 0.188. The van der Waals surface area contributed by atoms with E-state index >= 15 is 0 Å². The minimum atomic E-state index is -3.52. The molecule has 1 N–H and O–H groups in total. The number of aryl methyl sites for hydroxylation is 1. The number of amides is 1. The van der Waals surface area contributed by atoms with Gasteiger partial charge in [0.15, 0.2) is 16.0 Å². The predicted molar refractivity (Wildman–Crippen MR) is 161 cm³/mol. The quantitative estimate of drug-likeness (QED) is 0.175. The number of hydrogen-bond donors (Lipinski definition) is 1. The van der Waals surface area contributed by atoms with E-state index in [-0.39, 0.29) is 15.6 Å². The highest BCUT2D eigenvalue weighted by Gasteiger charge is 2.25. The van der Waals surface area contributed by atoms with Gasteiger partial charge in [0.2, 0.25) is 10.0 Å². The van der Waals surface area contributed by atoms with E-state index in [1.54, 1.807) is 34.0 Å². The summed E-state index contributed by atoms with van der Waals surface area (Å²) in [6, 6.07) is 14.8. The summed E-state index contributed by atoms with van der Waals surface area (Å²) in [6.07, 6.45) is 5.32. The van der Waals surface area contributed by atoms with Gasteiger partial charge in [0, 0.05) is 29.8 Å². The zero-order valence-corrected chi connectivity index (χ0v) is 25.0. The van der Waals surface area contributed by atoms with Crippen LogP contribution in [0.15, 0.2) is 70.2 Å². The van der Waals surface area contributed by atoms with E-state index < -0.39 is 15.9 Å². The monoisotopic (exact) mass is 613 g/mol. The number of sulfonamides is 1. The maximum Gasteiger partial charge on any atom is 0.277 e. The molecule has 1 saturated heterocycles. The first-order valence-electron chi connectivity index (χ1n) is 12.9. The Morgan fingerprint density at radius 1 is 1.05 bits per heavy atom. The third-order valence-electron chi connectivity index (χ3n) is 6.63. The molecule has 0 atom stereocenters. The lowest BCUT2D eigenvalue weighted by atomic mass is 10.1. The Morgan fingerprint density at radius 3 is 2.50 bits per heavy atom. The van der Waals surface area contributed by atoms with Crippen molar-refractivity contribution >= 4 is 55.8 Å². The molecule has 8 nitrogen and oxygen atoms in total. The molecule has 2 aromatic heterocycles. The van der Waals surface area contributed by atoms with Crippen molar-refractivity contribution < 1.29 is 13.2 Å². The minimum Gasteiger partial charge on any atom is -0.296 e. The van der Waals surface area contributed by atoms with Crippen molar-refractivity contribution in [2.75, 3.05) is 18.4 Å². The van der Waals surface area contributed by atoms with Gasteiger partial charge >= 0.3 is 0 Å². The van der Waals surface area contributed by atoms with E-state index in [1.807, 2.05) is 31.2 Å². The second kappa shape index (κ2) is 12.8. The van der Waals surface area contributed by atoms with Crippen LogP contribution in [0.1, 0.15) is 47.3 Å². The highest BCUT2D eigenvalue weighted by molar-refractivity contribution is 7.98. The highest BCUT2D eigenvalue weighted by atomic mass is 35.5. The second-order valence-corrected chi connectivity index (χ2v) is 13.5. The number of halogens is 1. The molecular formula is C28H28ClN5O3S3. The Bertz CT molecular complexity index is 1600. The molecule has 1 amide bonds. The van der Waals surface area contributed by atoms with Crippen LogP contribution in [-0.4, -0.2) is 46.7 Å². The van der Waals surface area contributed by atoms with E-state index in [2.05, 4.69) is 20.3 Å². The van der Waals surface area contributed by atoms with Gasteiger partial charge in [-0.15, -0.1) is 11.3 Å². The molecule has 0 unspecified atom stereocenters. The zero-order valence-electron chi connectivity index (χ0n) is 21.8. The number of carbonyl (C=O) groups is 1. The lowest BCUT2D eigenvalue weighted by Gasteiger charge is -2.19. The molecule has 4 aromatic rings. The van der Waals surface area contributed by atoms with Gasteiger partial charge in [-0.2, -0.15) is 4.31 Å². The molecule has 208 valence electrons. The molecular weight excluding hydrogens is 586 g/mol. The number of aromatic nitrogens is 3. The average Bonchev–Trinajstić information content (AvgIpc) is 3.23. The number of thioether (sulfide) groups is 1. The van der Waals surface area contributed by atoms with Gasteiger partial charge in [-0.3, -0.25) is 10.1 Å². The molecule has 0 radical (unpaired) electrons. The van der Waals surface area contributed by atoms with Crippen molar-refractivity contribution in [1.29, 1.82) is 0 Å². The molecule has 1 aliphatic heterocycles. The summed E-state index contributed by atoms with van der Waals surface area (Å²) in [5, 5.41) is 5.55. The lowest BCUT2D eigenvalue weighted by Crippen LogP contribution is -2.31. The molecule has 0 spiro atoms. The highest BCUT2D eigenvalue weighted by Crippen LogP contribution is 2.29. The number of nitrogens with one attached hydrogen (secondary N) is 1. The summed E-state index contributed by atoms with van der Waals surface area (Å²) in [7, 11) is -3.52. The summed E-state index contributed by atoms with van der Waals surface area (Å²) < 4.78 is 27.7. The Labute approximate surface area is 247 Å². The van der Waals surface area contributed by atoms with Crippen LogP contribution in [-0.2, 0) is 15.8 Å². The van der Waals surface area contributed by atoms with Gasteiger partial charge in [0.25, 0.3) is 5.91 Å². The molecule has 0 saturated carbocycles. The molecule has 0 aliphatic carbocycles. The van der Waals surface area contributed by atoms with Gasteiger partial charge in [0.05, 0.1) is 21.8 Å². The maximum atomic E-state index is 13.1. The fourth-order valence-corrected chi connectivity index (χ4v) is 7.64. The lowest BCUT2D eigenvalue weighted by molar-refractivity contribution is 0.102. The molecule has 1 aliphatic rings. The standard InChI is InChI=1S/C28H28ClN5O3S3/c1-19-8-4-5-9-21(19)17-38-27-30-16-23(29)25(32-27)26(35)33-28-31-24(18-39-28)20-10-12-22(13-11-20)40(36,37)34-14-6-2-3-7-15-34/h4-5,8-13,16,18H,2-3,6-7,14-15,17H2,1H3,(H,31,33,35). The first kappa shape index (κ1) is 28.7. The van der Waals surface area contributed by atoms with Crippen LogP contribution in [0, 0.1) is 6.92 Å². The maximum absolute atomic E-state index is 13.1. The Balaban J connectivity index is 1.25. The zero-order chi connectivity index (χ0) is 28.1. The third-order valence-corrected chi connectivity index (χ3v) is 10.5. The Morgan fingerprint density at radius 2 is 1.77 bits per heavy atom. The molecule has 3 heterocycles. The normalized spacial score (nSPS) is 14.6. The van der Waals surface area contributed by atoms with Gasteiger partial charge in [-0.05, 0) is 43.0 Å². The number of benzene rings is 2. The first-order chi connectivity index (χ1) is 19.3. The van der Waals surface area contributed by atoms with Crippen LogP contribution in [0.5, 0.6) is 0 Å². The minimum absolute atomic E-state index is 0.0729. The van der Waals surface area contributed by atoms with E-state index in [1.165, 1.54) is 40.4 Å². The van der Waals surface area contributed by atoms with Crippen LogP contribution in [0.4, 0.5) is 5.13 Å². The average molecular weight is 614 g/mol. The Kier molecular flexibility index (Phi) is 9.17. The van der Waals surface area contributed by atoms with Crippen molar-refractivity contribution in [1.82, 2.24) is 19.3 Å². The van der Waals surface area contributed by atoms with E-state index in [4.69, 9.17) is 11.6 Å². The topological polar surface area (TPSA) is 105 Å². The fraction of sp³-hybridized carbons (Fsp3) is 0.286. The largest absolute Gasteiger partial charge is 0.296 e. The van der Waals surface area contributed by atoms with Gasteiger partial charge in [-0.25, -0.2) is 23.4 Å². The van der Waals surface area contributed by atoms with Crippen LogP contribution >= 0.6 is 34.7 Å². The van der Waals surface area contributed by atoms with Crippen molar-refractivity contribution in [3.05, 3.63) is 82.0 Å². The van der Waals surface area contributed by atoms with Gasteiger partial charge in [0.1, 0.15) is 0 Å². The first-order valence-corrected chi connectivity index (χ1v) is 16.6. The van der Waals surface area contributed by atoms with Gasteiger partial charge in [-0.1, -0.05) is 72.6 Å². The van der Waals surface area contributed by atoms with E-state index in [9.17, 15) is 13.2 Å². The van der Waals surface area contributed by atoms with Crippen LogP contribution in [0.2, 0.25) is 5.02 Å². The number of hydrogen-bond acceptors (Lipinski definition) is 8. The molecule has 5 rings (SSSR count). The Hall–Kier alpha value is -2.83. The number of rotatable bonds is 8. The summed E-state index contributed by atoms with van der Waals surface area (Å²) >= 11 is 8.94. The third kappa shape index (κ3) is 6.72. The van der Waals surface area contributed by atoms with E-state index in [0.29, 0.717) is 34.8 Å². The van der Waals surface area contributed by atoms with Crippen molar-refractivity contribution in [3.63, 3.8) is 0 Å². The SMILES string of the molecule is Cc1ccccc1CSc1ncc(Cl)c(C(=O)Nc2nc(-c3ccc(S(=O)(=O)N4CCCCCC4)cc3)cs2)n1. The fourth-order valence-electron chi connectivity index (χ4n) is 4.34. The smallest absolute Gasteiger partial charge is 0.277 e. The van der Waals surface area contributed by atoms with Crippen molar-refractivity contribution in [2.24, 2.45) is 0 Å². The van der Waals surface area contributed by atoms with Gasteiger partial charge < -0.3 is 0 Å². The van der Waals surface area contributed by atoms with E-state index in [0.717, 1.165) is 31.2 Å².